The van der Waals surface area contributed by atoms with E-state index in [2.05, 4.69) is 15.4 Å². The maximum absolute atomic E-state index is 13.1. The van der Waals surface area contributed by atoms with Crippen molar-refractivity contribution in [1.82, 2.24) is 29.3 Å². The van der Waals surface area contributed by atoms with Crippen LogP contribution in [0.15, 0.2) is 43.0 Å². The van der Waals surface area contributed by atoms with Crippen molar-refractivity contribution in [2.45, 2.75) is 51.6 Å². The van der Waals surface area contributed by atoms with Crippen molar-refractivity contribution in [3.8, 4) is 5.75 Å². The summed E-state index contributed by atoms with van der Waals surface area (Å²) in [6, 6.07) is 5.92. The molecule has 0 aliphatic heterocycles. The minimum Gasteiger partial charge on any atom is -0.496 e. The number of carbonyl (C=O) groups is 2. The number of nitrogens with one attached hydrogen (secondary N) is 1. The van der Waals surface area contributed by atoms with E-state index in [1.54, 1.807) is 46.2 Å². The molecule has 0 spiro atoms. The van der Waals surface area contributed by atoms with Crippen LogP contribution in [0.1, 0.15) is 55.9 Å². The number of aromatic nitrogens is 5. The number of benzene rings is 1. The molecule has 1 aliphatic carbocycles. The van der Waals surface area contributed by atoms with E-state index >= 15 is 0 Å². The molecule has 184 valence electrons. The van der Waals surface area contributed by atoms with E-state index in [0.717, 1.165) is 43.0 Å². The highest BCUT2D eigenvalue weighted by Gasteiger charge is 2.26. The third-order valence-corrected chi connectivity index (χ3v) is 6.40. The fourth-order valence-electron chi connectivity index (χ4n) is 4.53. The number of amides is 2. The Balaban J connectivity index is 0.00000141. The molecule has 3 aromatic heterocycles. The second kappa shape index (κ2) is 10.5. The summed E-state index contributed by atoms with van der Waals surface area (Å²) < 4.78 is 9.09. The molecule has 3 heterocycles. The Hall–Kier alpha value is -3.95. The van der Waals surface area contributed by atoms with E-state index in [4.69, 9.17) is 9.84 Å². The van der Waals surface area contributed by atoms with Gasteiger partial charge in [0.05, 0.1) is 30.4 Å². The number of anilines is 1. The molecule has 0 radical (unpaired) electrons. The van der Waals surface area contributed by atoms with E-state index in [1.807, 2.05) is 31.8 Å². The van der Waals surface area contributed by atoms with Crippen molar-refractivity contribution in [1.29, 1.82) is 0 Å². The van der Waals surface area contributed by atoms with Crippen molar-refractivity contribution < 1.29 is 14.3 Å². The Bertz CT molecular complexity index is 1320. The molecule has 0 unspecified atom stereocenters. The lowest BCUT2D eigenvalue weighted by Gasteiger charge is -2.32. The Morgan fingerprint density at radius 1 is 1.23 bits per heavy atom. The lowest BCUT2D eigenvalue weighted by molar-refractivity contribution is -0.119. The number of nitrogens with zero attached hydrogens (tertiary/aromatic N) is 6. The van der Waals surface area contributed by atoms with Gasteiger partial charge in [0.1, 0.15) is 11.4 Å². The highest BCUT2D eigenvalue weighted by atomic mass is 16.5. The molecular formula is C25H31N7O3. The highest BCUT2D eigenvalue weighted by Crippen LogP contribution is 2.33. The lowest BCUT2D eigenvalue weighted by Crippen LogP contribution is -2.34. The molecule has 0 atom stereocenters. The van der Waals surface area contributed by atoms with Gasteiger partial charge in [-0.1, -0.05) is 13.8 Å². The summed E-state index contributed by atoms with van der Waals surface area (Å²) >= 11 is 0. The molecule has 2 amide bonds. The zero-order valence-electron chi connectivity index (χ0n) is 20.5. The quantitative estimate of drug-likeness (QED) is 0.422. The topological polar surface area (TPSA) is 107 Å². The summed E-state index contributed by atoms with van der Waals surface area (Å²) in [6.45, 7) is 4.00. The number of carbonyl (C=O) groups excluding carboxylic acids is 2. The van der Waals surface area contributed by atoms with Crippen LogP contribution in [-0.2, 0) is 4.79 Å². The summed E-state index contributed by atoms with van der Waals surface area (Å²) in [5.74, 6) is 0.144. The summed E-state index contributed by atoms with van der Waals surface area (Å²) in [5, 5.41) is 12.7. The molecule has 1 fully saturated rings. The number of ether oxygens (including phenoxy) is 1. The van der Waals surface area contributed by atoms with E-state index in [0.29, 0.717) is 22.6 Å². The summed E-state index contributed by atoms with van der Waals surface area (Å²) in [4.78, 5) is 30.2. The van der Waals surface area contributed by atoms with Gasteiger partial charge in [0.25, 0.3) is 5.91 Å². The predicted molar refractivity (Wildman–Crippen MR) is 134 cm³/mol. The number of methoxy groups -OCH3 is 1. The number of fused-ring (bicyclic) bond motifs is 2. The monoisotopic (exact) mass is 477 g/mol. The van der Waals surface area contributed by atoms with Crippen molar-refractivity contribution in [3.63, 3.8) is 0 Å². The molecule has 10 nitrogen and oxygen atoms in total. The second-order valence-electron chi connectivity index (χ2n) is 8.35. The fourth-order valence-corrected chi connectivity index (χ4v) is 4.53. The minimum absolute atomic E-state index is 0.266. The first-order valence-electron chi connectivity index (χ1n) is 11.9. The maximum Gasteiger partial charge on any atom is 0.259 e. The molecule has 1 saturated carbocycles. The standard InChI is InChI=1S/C23H25N7O3.C2H6/c1-28(14-31)16-4-6-17(7-5-16)30-13-15-10-18(21(33-2)11-19(15)27-30)23(32)26-20-12-25-29-9-3-8-24-22(20)29;1-2/h3,8-14,16-17H,4-7H2,1-2H3,(H,26,32);1-2H3. The van der Waals surface area contributed by atoms with E-state index in [-0.39, 0.29) is 18.0 Å². The van der Waals surface area contributed by atoms with Crippen LogP contribution in [0.2, 0.25) is 0 Å². The zero-order valence-corrected chi connectivity index (χ0v) is 20.5. The van der Waals surface area contributed by atoms with Crippen LogP contribution >= 0.6 is 0 Å². The van der Waals surface area contributed by atoms with Crippen molar-refractivity contribution in [3.05, 3.63) is 48.5 Å². The molecule has 4 aromatic rings. The Morgan fingerprint density at radius 2 is 2.00 bits per heavy atom. The molecule has 1 aromatic carbocycles. The number of hydrogen-bond acceptors (Lipinski definition) is 6. The summed E-state index contributed by atoms with van der Waals surface area (Å²) in [6.07, 6.45) is 11.7. The van der Waals surface area contributed by atoms with Crippen LogP contribution in [-0.4, -0.2) is 61.8 Å². The van der Waals surface area contributed by atoms with Crippen LogP contribution in [0.3, 0.4) is 0 Å². The molecule has 0 bridgehead atoms. The van der Waals surface area contributed by atoms with Gasteiger partial charge in [0, 0.05) is 43.1 Å². The predicted octanol–water partition coefficient (Wildman–Crippen LogP) is 3.94. The zero-order chi connectivity index (χ0) is 24.9. The van der Waals surface area contributed by atoms with Crippen molar-refractivity contribution in [2.75, 3.05) is 19.5 Å². The molecule has 1 N–H and O–H groups in total. The Morgan fingerprint density at radius 3 is 2.71 bits per heavy atom. The maximum atomic E-state index is 13.1. The Kier molecular flexibility index (Phi) is 7.28. The molecule has 35 heavy (non-hydrogen) atoms. The van der Waals surface area contributed by atoms with Gasteiger partial charge in [-0.2, -0.15) is 10.2 Å². The van der Waals surface area contributed by atoms with Crippen LogP contribution in [0.4, 0.5) is 5.69 Å². The highest BCUT2D eigenvalue weighted by molar-refractivity contribution is 6.09. The van der Waals surface area contributed by atoms with Gasteiger partial charge in [-0.25, -0.2) is 9.50 Å². The van der Waals surface area contributed by atoms with Crippen molar-refractivity contribution in [2.24, 2.45) is 0 Å². The lowest BCUT2D eigenvalue weighted by atomic mass is 9.91. The number of rotatable bonds is 6. The van der Waals surface area contributed by atoms with Crippen LogP contribution in [0, 0.1) is 0 Å². The van der Waals surface area contributed by atoms with Crippen molar-refractivity contribution >= 4 is 34.6 Å². The van der Waals surface area contributed by atoms with Crippen LogP contribution in [0.25, 0.3) is 16.6 Å². The van der Waals surface area contributed by atoms with Crippen LogP contribution in [0.5, 0.6) is 5.75 Å². The van der Waals surface area contributed by atoms with Gasteiger partial charge in [0.2, 0.25) is 6.41 Å². The smallest absolute Gasteiger partial charge is 0.259 e. The van der Waals surface area contributed by atoms with Gasteiger partial charge in [0.15, 0.2) is 5.65 Å². The van der Waals surface area contributed by atoms with Gasteiger partial charge < -0.3 is 15.0 Å². The van der Waals surface area contributed by atoms with Gasteiger partial charge in [-0.3, -0.25) is 14.3 Å². The molecule has 1 aliphatic rings. The molecule has 10 heteroatoms. The summed E-state index contributed by atoms with van der Waals surface area (Å²) in [5.41, 5.74) is 2.27. The third-order valence-electron chi connectivity index (χ3n) is 6.40. The number of hydrogen-bond donors (Lipinski definition) is 1. The average Bonchev–Trinajstić information content (AvgIpc) is 3.52. The van der Waals surface area contributed by atoms with E-state index in [9.17, 15) is 9.59 Å². The summed E-state index contributed by atoms with van der Waals surface area (Å²) in [7, 11) is 3.37. The molecule has 0 saturated heterocycles. The normalized spacial score (nSPS) is 17.5. The molecule has 5 rings (SSSR count). The SMILES string of the molecule is CC.COc1cc2nn(C3CCC(N(C)C=O)CC3)cc2cc1C(=O)Nc1cnn2cccnc12. The Labute approximate surface area is 203 Å². The first-order valence-corrected chi connectivity index (χ1v) is 11.9. The van der Waals surface area contributed by atoms with Crippen LogP contribution < -0.4 is 10.1 Å². The first-order chi connectivity index (χ1) is 17.1. The second-order valence-corrected chi connectivity index (χ2v) is 8.35. The minimum atomic E-state index is -0.306. The largest absolute Gasteiger partial charge is 0.496 e. The van der Waals surface area contributed by atoms with E-state index in [1.165, 1.54) is 7.11 Å². The fraction of sp³-hybridized carbons (Fsp3) is 0.400. The molecular weight excluding hydrogens is 446 g/mol. The van der Waals surface area contributed by atoms with Gasteiger partial charge in [-0.05, 0) is 37.8 Å². The van der Waals surface area contributed by atoms with Gasteiger partial charge >= 0.3 is 0 Å². The third kappa shape index (κ3) is 4.82. The van der Waals surface area contributed by atoms with E-state index < -0.39 is 0 Å². The first kappa shape index (κ1) is 24.2. The van der Waals surface area contributed by atoms with Gasteiger partial charge in [-0.15, -0.1) is 0 Å². The average molecular weight is 478 g/mol.